The molecule has 112 valence electrons. The molecule has 2 rings (SSSR count). The van der Waals surface area contributed by atoms with Gasteiger partial charge in [-0.05, 0) is 13.3 Å². The number of ether oxygens (including phenoxy) is 1. The second kappa shape index (κ2) is 8.14. The van der Waals surface area contributed by atoms with Gasteiger partial charge < -0.3 is 4.74 Å². The van der Waals surface area contributed by atoms with E-state index >= 15 is 0 Å². The molecular weight excluding hydrogens is 304 g/mol. The number of benzene rings is 1. The summed E-state index contributed by atoms with van der Waals surface area (Å²) in [6, 6.07) is 9.90. The minimum atomic E-state index is -0.265. The topological polar surface area (TPSA) is 52.1 Å². The van der Waals surface area contributed by atoms with Crippen molar-refractivity contribution in [3.8, 4) is 10.6 Å². The molecule has 1 heterocycles. The molecule has 0 radical (unpaired) electrons. The number of rotatable bonds is 7. The highest BCUT2D eigenvalue weighted by Crippen LogP contribution is 2.31. The standard InChI is InChI=1S/C15H18N2O2S2/c1-3-4-10-19-14(18)11(2)20-15-17-16-13(21-15)12-8-6-5-7-9-12/h5-9,11H,3-4,10H2,1-2H3. The minimum absolute atomic E-state index is 0.190. The quantitative estimate of drug-likeness (QED) is 0.437. The number of carbonyl (C=O) groups excluding carboxylic acids is 1. The fraction of sp³-hybridized carbons (Fsp3) is 0.400. The summed E-state index contributed by atoms with van der Waals surface area (Å²) in [6.07, 6.45) is 1.92. The first-order valence-corrected chi connectivity index (χ1v) is 8.62. The van der Waals surface area contributed by atoms with Crippen molar-refractivity contribution >= 4 is 29.1 Å². The van der Waals surface area contributed by atoms with Crippen molar-refractivity contribution in [2.75, 3.05) is 6.61 Å². The summed E-state index contributed by atoms with van der Waals surface area (Å²) in [6.45, 7) is 4.40. The van der Waals surface area contributed by atoms with E-state index in [9.17, 15) is 4.79 Å². The molecule has 0 spiro atoms. The van der Waals surface area contributed by atoms with Crippen LogP contribution in [0.5, 0.6) is 0 Å². The molecule has 1 atom stereocenters. The van der Waals surface area contributed by atoms with Crippen LogP contribution in [0.4, 0.5) is 0 Å². The third kappa shape index (κ3) is 4.82. The lowest BCUT2D eigenvalue weighted by atomic mass is 10.2. The highest BCUT2D eigenvalue weighted by atomic mass is 32.2. The molecule has 6 heteroatoms. The van der Waals surface area contributed by atoms with Crippen LogP contribution in [0.1, 0.15) is 26.7 Å². The Balaban J connectivity index is 1.91. The molecule has 0 bridgehead atoms. The van der Waals surface area contributed by atoms with Crippen LogP contribution in [0, 0.1) is 0 Å². The zero-order valence-corrected chi connectivity index (χ0v) is 13.7. The maximum atomic E-state index is 11.8. The average Bonchev–Trinajstić information content (AvgIpc) is 2.97. The fourth-order valence-electron chi connectivity index (χ4n) is 1.59. The van der Waals surface area contributed by atoms with Crippen LogP contribution in [0.3, 0.4) is 0 Å². The van der Waals surface area contributed by atoms with Crippen LogP contribution in [0.2, 0.25) is 0 Å². The van der Waals surface area contributed by atoms with Gasteiger partial charge >= 0.3 is 5.97 Å². The fourth-order valence-corrected chi connectivity index (χ4v) is 3.59. The summed E-state index contributed by atoms with van der Waals surface area (Å²) in [5.74, 6) is -0.190. The first-order chi connectivity index (χ1) is 10.2. The summed E-state index contributed by atoms with van der Waals surface area (Å²) >= 11 is 2.89. The molecule has 0 N–H and O–H groups in total. The van der Waals surface area contributed by atoms with Crippen molar-refractivity contribution in [3.05, 3.63) is 30.3 Å². The minimum Gasteiger partial charge on any atom is -0.465 e. The Morgan fingerprint density at radius 2 is 2.10 bits per heavy atom. The van der Waals surface area contributed by atoms with Crippen molar-refractivity contribution in [1.29, 1.82) is 0 Å². The van der Waals surface area contributed by atoms with Crippen molar-refractivity contribution in [3.63, 3.8) is 0 Å². The van der Waals surface area contributed by atoms with E-state index in [1.54, 1.807) is 0 Å². The molecule has 0 amide bonds. The number of hydrogen-bond acceptors (Lipinski definition) is 6. The number of esters is 1. The Kier molecular flexibility index (Phi) is 6.20. The van der Waals surface area contributed by atoms with Crippen LogP contribution in [0.25, 0.3) is 10.6 Å². The number of hydrogen-bond donors (Lipinski definition) is 0. The molecule has 4 nitrogen and oxygen atoms in total. The predicted octanol–water partition coefficient (Wildman–Crippen LogP) is 4.03. The van der Waals surface area contributed by atoms with Crippen LogP contribution in [0.15, 0.2) is 34.7 Å². The lowest BCUT2D eigenvalue weighted by molar-refractivity contribution is -0.142. The molecule has 0 saturated carbocycles. The van der Waals surface area contributed by atoms with Gasteiger partial charge in [0.1, 0.15) is 10.3 Å². The number of thioether (sulfide) groups is 1. The van der Waals surface area contributed by atoms with Crippen molar-refractivity contribution < 1.29 is 9.53 Å². The smallest absolute Gasteiger partial charge is 0.319 e. The average molecular weight is 322 g/mol. The second-order valence-corrected chi connectivity index (χ2v) is 7.09. The SMILES string of the molecule is CCCCOC(=O)C(C)Sc1nnc(-c2ccccc2)s1. The molecule has 1 aromatic heterocycles. The summed E-state index contributed by atoms with van der Waals surface area (Å²) in [5, 5.41) is 8.90. The van der Waals surface area contributed by atoms with E-state index in [0.29, 0.717) is 6.61 Å². The first-order valence-electron chi connectivity index (χ1n) is 6.93. The van der Waals surface area contributed by atoms with Crippen LogP contribution < -0.4 is 0 Å². The van der Waals surface area contributed by atoms with Crippen LogP contribution in [-0.4, -0.2) is 28.0 Å². The molecule has 0 aliphatic carbocycles. The summed E-state index contributed by atoms with van der Waals surface area (Å²) < 4.78 is 5.99. The molecular formula is C15H18N2O2S2. The van der Waals surface area contributed by atoms with Gasteiger partial charge in [-0.2, -0.15) is 0 Å². The third-order valence-corrected chi connectivity index (χ3v) is 4.91. The lowest BCUT2D eigenvalue weighted by Crippen LogP contribution is -2.17. The summed E-state index contributed by atoms with van der Waals surface area (Å²) in [7, 11) is 0. The van der Waals surface area contributed by atoms with Gasteiger partial charge in [0.05, 0.1) is 6.61 Å². The summed E-state index contributed by atoms with van der Waals surface area (Å²) in [5.41, 5.74) is 1.04. The van der Waals surface area contributed by atoms with E-state index in [4.69, 9.17) is 4.74 Å². The monoisotopic (exact) mass is 322 g/mol. The van der Waals surface area contributed by atoms with E-state index in [1.807, 2.05) is 37.3 Å². The molecule has 1 unspecified atom stereocenters. The lowest BCUT2D eigenvalue weighted by Gasteiger charge is -2.08. The van der Waals surface area contributed by atoms with Crippen molar-refractivity contribution in [1.82, 2.24) is 10.2 Å². The molecule has 0 fully saturated rings. The molecule has 21 heavy (non-hydrogen) atoms. The summed E-state index contributed by atoms with van der Waals surface area (Å²) in [4.78, 5) is 11.8. The number of nitrogens with zero attached hydrogens (tertiary/aromatic N) is 2. The van der Waals surface area contributed by atoms with Gasteiger partial charge in [-0.3, -0.25) is 4.79 Å². The number of carbonyl (C=O) groups is 1. The van der Waals surface area contributed by atoms with Gasteiger partial charge in [0.15, 0.2) is 4.34 Å². The van der Waals surface area contributed by atoms with Gasteiger partial charge in [0, 0.05) is 5.56 Å². The van der Waals surface area contributed by atoms with Crippen molar-refractivity contribution in [2.24, 2.45) is 0 Å². The Morgan fingerprint density at radius 3 is 2.81 bits per heavy atom. The first kappa shape index (κ1) is 16.0. The van der Waals surface area contributed by atoms with Gasteiger partial charge in [0.2, 0.25) is 0 Å². The van der Waals surface area contributed by atoms with Gasteiger partial charge in [-0.25, -0.2) is 0 Å². The van der Waals surface area contributed by atoms with Gasteiger partial charge in [-0.1, -0.05) is 66.8 Å². The molecule has 2 aromatic rings. The molecule has 0 aliphatic heterocycles. The molecule has 0 aliphatic rings. The molecule has 0 saturated heterocycles. The number of aromatic nitrogens is 2. The maximum absolute atomic E-state index is 11.8. The Bertz CT molecular complexity index is 572. The van der Waals surface area contributed by atoms with Gasteiger partial charge in [0.25, 0.3) is 0 Å². The Hall–Kier alpha value is -1.40. The normalized spacial score (nSPS) is 12.1. The number of unbranched alkanes of at least 4 members (excludes halogenated alkanes) is 1. The predicted molar refractivity (Wildman–Crippen MR) is 86.5 cm³/mol. The van der Waals surface area contributed by atoms with E-state index < -0.39 is 0 Å². The molecule has 1 aromatic carbocycles. The van der Waals surface area contributed by atoms with Crippen molar-refractivity contribution in [2.45, 2.75) is 36.3 Å². The largest absolute Gasteiger partial charge is 0.465 e. The van der Waals surface area contributed by atoms with Crippen LogP contribution >= 0.6 is 23.1 Å². The third-order valence-electron chi connectivity index (χ3n) is 2.78. The van der Waals surface area contributed by atoms with E-state index in [-0.39, 0.29) is 11.2 Å². The van der Waals surface area contributed by atoms with E-state index in [0.717, 1.165) is 27.8 Å². The zero-order chi connectivity index (χ0) is 15.1. The van der Waals surface area contributed by atoms with E-state index in [1.165, 1.54) is 23.1 Å². The zero-order valence-electron chi connectivity index (χ0n) is 12.1. The second-order valence-electron chi connectivity index (χ2n) is 4.52. The Labute approximate surface area is 132 Å². The maximum Gasteiger partial charge on any atom is 0.319 e. The van der Waals surface area contributed by atoms with Gasteiger partial charge in [-0.15, -0.1) is 10.2 Å². The Morgan fingerprint density at radius 1 is 1.33 bits per heavy atom. The van der Waals surface area contributed by atoms with E-state index in [2.05, 4.69) is 17.1 Å². The highest BCUT2D eigenvalue weighted by molar-refractivity contribution is 8.02. The van der Waals surface area contributed by atoms with Crippen LogP contribution in [-0.2, 0) is 9.53 Å². The highest BCUT2D eigenvalue weighted by Gasteiger charge is 2.18.